The minimum Gasteiger partial charge on any atom is -0.308 e. The van der Waals surface area contributed by atoms with Crippen LogP contribution < -0.4 is 16.8 Å². The lowest BCUT2D eigenvalue weighted by molar-refractivity contribution is 0.635. The predicted molar refractivity (Wildman–Crippen MR) is 64.4 cm³/mol. The SMILES string of the molecule is Cc1cnn(Cc2cccnc2NN)c(=O)c1. The van der Waals surface area contributed by atoms with Crippen LogP contribution in [0.3, 0.4) is 0 Å². The molecule has 0 aliphatic heterocycles. The Morgan fingerprint density at radius 3 is 3.06 bits per heavy atom. The highest BCUT2D eigenvalue weighted by Gasteiger charge is 2.04. The minimum atomic E-state index is -0.142. The summed E-state index contributed by atoms with van der Waals surface area (Å²) in [6.45, 7) is 2.17. The van der Waals surface area contributed by atoms with Crippen molar-refractivity contribution in [3.05, 3.63) is 52.1 Å². The number of nitrogens with two attached hydrogens (primary N) is 1. The van der Waals surface area contributed by atoms with Gasteiger partial charge in [-0.3, -0.25) is 4.79 Å². The fourth-order valence-corrected chi connectivity index (χ4v) is 1.50. The topological polar surface area (TPSA) is 85.8 Å². The lowest BCUT2D eigenvalue weighted by Gasteiger charge is -2.08. The van der Waals surface area contributed by atoms with Gasteiger partial charge in [0, 0.05) is 17.8 Å². The Balaban J connectivity index is 2.35. The molecule has 2 heterocycles. The lowest BCUT2D eigenvalue weighted by Crippen LogP contribution is -2.23. The van der Waals surface area contributed by atoms with E-state index < -0.39 is 0 Å². The van der Waals surface area contributed by atoms with Gasteiger partial charge in [0.1, 0.15) is 5.82 Å². The van der Waals surface area contributed by atoms with Gasteiger partial charge in [0.05, 0.1) is 12.7 Å². The first-order valence-electron chi connectivity index (χ1n) is 5.15. The van der Waals surface area contributed by atoms with Crippen LogP contribution in [0.1, 0.15) is 11.1 Å². The maximum Gasteiger partial charge on any atom is 0.267 e. The number of nitrogens with zero attached hydrogens (tertiary/aromatic N) is 3. The second-order valence-corrected chi connectivity index (χ2v) is 3.68. The Labute approximate surface area is 98.1 Å². The Morgan fingerprint density at radius 2 is 2.35 bits per heavy atom. The van der Waals surface area contributed by atoms with Crippen molar-refractivity contribution in [3.8, 4) is 0 Å². The van der Waals surface area contributed by atoms with E-state index in [0.717, 1.165) is 11.1 Å². The number of aromatic nitrogens is 3. The van der Waals surface area contributed by atoms with E-state index >= 15 is 0 Å². The molecule has 3 N–H and O–H groups in total. The molecule has 2 aromatic heterocycles. The maximum atomic E-state index is 11.7. The molecule has 0 fully saturated rings. The molecule has 0 unspecified atom stereocenters. The van der Waals surface area contributed by atoms with E-state index in [1.807, 2.05) is 13.0 Å². The Hall–Kier alpha value is -2.21. The van der Waals surface area contributed by atoms with Crippen LogP contribution in [0.15, 0.2) is 35.4 Å². The molecule has 2 aromatic rings. The van der Waals surface area contributed by atoms with Crippen LogP contribution in [-0.2, 0) is 6.54 Å². The summed E-state index contributed by atoms with van der Waals surface area (Å²) < 4.78 is 1.37. The van der Waals surface area contributed by atoms with Crippen LogP contribution in [0.5, 0.6) is 0 Å². The summed E-state index contributed by atoms with van der Waals surface area (Å²) in [5, 5.41) is 4.06. The van der Waals surface area contributed by atoms with Crippen molar-refractivity contribution in [1.29, 1.82) is 0 Å². The molecule has 6 nitrogen and oxygen atoms in total. The standard InChI is InChI=1S/C11H13N5O/c1-8-5-10(17)16(14-6-8)7-9-3-2-4-13-11(9)15-12/h2-6H,7,12H2,1H3,(H,13,15). The number of hydrogen-bond donors (Lipinski definition) is 2. The molecular formula is C11H13N5O. The van der Waals surface area contributed by atoms with Crippen LogP contribution >= 0.6 is 0 Å². The fraction of sp³-hybridized carbons (Fsp3) is 0.182. The number of nitrogens with one attached hydrogen (secondary N) is 1. The number of hydrazine groups is 1. The van der Waals surface area contributed by atoms with Crippen LogP contribution in [0, 0.1) is 6.92 Å². The number of nitrogen functional groups attached to an aromatic ring is 1. The van der Waals surface area contributed by atoms with Crippen LogP contribution in [0.25, 0.3) is 0 Å². The average Bonchev–Trinajstić information content (AvgIpc) is 2.33. The summed E-state index contributed by atoms with van der Waals surface area (Å²) in [5.74, 6) is 5.89. The van der Waals surface area contributed by atoms with E-state index in [9.17, 15) is 4.79 Å². The van der Waals surface area contributed by atoms with Gasteiger partial charge in [-0.15, -0.1) is 0 Å². The molecular weight excluding hydrogens is 218 g/mol. The van der Waals surface area contributed by atoms with Gasteiger partial charge in [-0.05, 0) is 18.6 Å². The van der Waals surface area contributed by atoms with Gasteiger partial charge < -0.3 is 5.43 Å². The van der Waals surface area contributed by atoms with Crippen molar-refractivity contribution in [3.63, 3.8) is 0 Å². The summed E-state index contributed by atoms with van der Waals surface area (Å²) in [7, 11) is 0. The minimum absolute atomic E-state index is 0.142. The zero-order valence-corrected chi connectivity index (χ0v) is 9.42. The zero-order chi connectivity index (χ0) is 12.3. The highest BCUT2D eigenvalue weighted by Crippen LogP contribution is 2.10. The van der Waals surface area contributed by atoms with Gasteiger partial charge in [-0.1, -0.05) is 6.07 Å². The Kier molecular flexibility index (Phi) is 3.15. The molecule has 0 amide bonds. The summed E-state index contributed by atoms with van der Waals surface area (Å²) in [5.41, 5.74) is 4.01. The second-order valence-electron chi connectivity index (χ2n) is 3.68. The normalized spacial score (nSPS) is 10.2. The van der Waals surface area contributed by atoms with Gasteiger partial charge in [-0.25, -0.2) is 15.5 Å². The molecule has 0 aromatic carbocycles. The molecule has 0 atom stereocenters. The third kappa shape index (κ3) is 2.48. The van der Waals surface area contributed by atoms with Crippen molar-refractivity contribution in [2.45, 2.75) is 13.5 Å². The largest absolute Gasteiger partial charge is 0.308 e. The molecule has 0 aliphatic carbocycles. The molecule has 0 bridgehead atoms. The third-order valence-electron chi connectivity index (χ3n) is 2.35. The van der Waals surface area contributed by atoms with E-state index in [0.29, 0.717) is 12.4 Å². The lowest BCUT2D eigenvalue weighted by atomic mass is 10.2. The summed E-state index contributed by atoms with van der Waals surface area (Å²) in [6.07, 6.45) is 3.28. The van der Waals surface area contributed by atoms with Gasteiger partial charge in [0.2, 0.25) is 0 Å². The van der Waals surface area contributed by atoms with Crippen molar-refractivity contribution < 1.29 is 0 Å². The number of pyridine rings is 1. The number of rotatable bonds is 3. The smallest absolute Gasteiger partial charge is 0.267 e. The van der Waals surface area contributed by atoms with Gasteiger partial charge >= 0.3 is 0 Å². The Bertz CT molecular complexity index is 578. The summed E-state index contributed by atoms with van der Waals surface area (Å²) in [6, 6.07) is 5.17. The van der Waals surface area contributed by atoms with Crippen molar-refractivity contribution in [2.75, 3.05) is 5.43 Å². The first-order valence-corrected chi connectivity index (χ1v) is 5.15. The second kappa shape index (κ2) is 4.75. The molecule has 6 heteroatoms. The summed E-state index contributed by atoms with van der Waals surface area (Å²) in [4.78, 5) is 15.7. The zero-order valence-electron chi connectivity index (χ0n) is 9.42. The van der Waals surface area contributed by atoms with Gasteiger partial charge in [-0.2, -0.15) is 5.10 Å². The number of hydrogen-bond acceptors (Lipinski definition) is 5. The van der Waals surface area contributed by atoms with E-state index in [-0.39, 0.29) is 5.56 Å². The first kappa shape index (κ1) is 11.3. The number of anilines is 1. The quantitative estimate of drug-likeness (QED) is 0.585. The molecule has 17 heavy (non-hydrogen) atoms. The van der Waals surface area contributed by atoms with Crippen LogP contribution in [0.4, 0.5) is 5.82 Å². The molecule has 88 valence electrons. The fourth-order valence-electron chi connectivity index (χ4n) is 1.50. The van der Waals surface area contributed by atoms with E-state index in [1.54, 1.807) is 24.5 Å². The van der Waals surface area contributed by atoms with Crippen molar-refractivity contribution in [2.24, 2.45) is 5.84 Å². The maximum absolute atomic E-state index is 11.7. The monoisotopic (exact) mass is 231 g/mol. The highest BCUT2D eigenvalue weighted by atomic mass is 16.1. The molecule has 0 aliphatic rings. The molecule has 2 rings (SSSR count). The number of aryl methyl sites for hydroxylation is 1. The van der Waals surface area contributed by atoms with Crippen LogP contribution in [-0.4, -0.2) is 14.8 Å². The Morgan fingerprint density at radius 1 is 1.53 bits per heavy atom. The van der Waals surface area contributed by atoms with Gasteiger partial charge in [0.15, 0.2) is 0 Å². The predicted octanol–water partition coefficient (Wildman–Crippen LogP) is 0.281. The van der Waals surface area contributed by atoms with Crippen molar-refractivity contribution in [1.82, 2.24) is 14.8 Å². The first-order chi connectivity index (χ1) is 8.20. The van der Waals surface area contributed by atoms with Crippen molar-refractivity contribution >= 4 is 5.82 Å². The van der Waals surface area contributed by atoms with E-state index in [4.69, 9.17) is 5.84 Å². The molecule has 0 spiro atoms. The summed E-state index contributed by atoms with van der Waals surface area (Å²) >= 11 is 0. The molecule has 0 radical (unpaired) electrons. The van der Waals surface area contributed by atoms with E-state index in [2.05, 4.69) is 15.5 Å². The van der Waals surface area contributed by atoms with E-state index in [1.165, 1.54) is 4.68 Å². The van der Waals surface area contributed by atoms with Crippen LogP contribution in [0.2, 0.25) is 0 Å². The third-order valence-corrected chi connectivity index (χ3v) is 2.35. The average molecular weight is 231 g/mol. The highest BCUT2D eigenvalue weighted by molar-refractivity contribution is 5.42. The molecule has 0 saturated heterocycles. The molecule has 0 saturated carbocycles. The van der Waals surface area contributed by atoms with Gasteiger partial charge in [0.25, 0.3) is 5.56 Å².